The molecule has 0 amide bonds. The van der Waals surface area contributed by atoms with E-state index in [0.29, 0.717) is 0 Å². The minimum Gasteiger partial charge on any atom is -0.290 e. The zero-order valence-corrected chi connectivity index (χ0v) is 8.76. The lowest BCUT2D eigenvalue weighted by Crippen LogP contribution is -2.34. The summed E-state index contributed by atoms with van der Waals surface area (Å²) in [5, 5.41) is 0. The Balaban J connectivity index is 2.77. The van der Waals surface area contributed by atoms with Gasteiger partial charge in [-0.1, -0.05) is 0 Å². The summed E-state index contributed by atoms with van der Waals surface area (Å²) >= 11 is 0. The summed E-state index contributed by atoms with van der Waals surface area (Å²) in [7, 11) is -1.94. The largest absolute Gasteiger partial charge is 0.475 e. The van der Waals surface area contributed by atoms with Crippen LogP contribution in [-0.2, 0) is 18.1 Å². The molecule has 0 saturated carbocycles. The molecule has 72 valence electrons. The topological polar surface area (TPSA) is 44.8 Å². The van der Waals surface area contributed by atoms with Crippen molar-refractivity contribution in [2.24, 2.45) is 0 Å². The van der Waals surface area contributed by atoms with Gasteiger partial charge in [-0.25, -0.2) is 4.57 Å². The van der Waals surface area contributed by atoms with E-state index in [-0.39, 0.29) is 6.10 Å². The van der Waals surface area contributed by atoms with Gasteiger partial charge >= 0.3 is 7.82 Å². The van der Waals surface area contributed by atoms with Gasteiger partial charge in [-0.3, -0.25) is 13.6 Å². The fraction of sp³-hybridized carbons (Fsp3) is 1.00. The van der Waals surface area contributed by atoms with Crippen molar-refractivity contribution in [2.75, 3.05) is 7.11 Å². The minimum atomic E-state index is -3.27. The van der Waals surface area contributed by atoms with Crippen molar-refractivity contribution >= 4 is 7.82 Å². The lowest BCUT2D eigenvalue weighted by atomic mass is 10.0. The maximum absolute atomic E-state index is 11.6. The summed E-state index contributed by atoms with van der Waals surface area (Å²) < 4.78 is 26.5. The quantitative estimate of drug-likeness (QED) is 0.601. The van der Waals surface area contributed by atoms with Gasteiger partial charge in [0.05, 0.1) is 11.7 Å². The van der Waals surface area contributed by atoms with E-state index in [1.807, 2.05) is 20.8 Å². The highest BCUT2D eigenvalue weighted by atomic mass is 31.2. The highest BCUT2D eigenvalue weighted by molar-refractivity contribution is 7.48. The van der Waals surface area contributed by atoms with E-state index >= 15 is 0 Å². The summed E-state index contributed by atoms with van der Waals surface area (Å²) in [5.74, 6) is 0. The molecule has 0 spiro atoms. The van der Waals surface area contributed by atoms with Crippen molar-refractivity contribution in [2.45, 2.75) is 38.9 Å². The molecule has 0 radical (unpaired) electrons. The van der Waals surface area contributed by atoms with Crippen LogP contribution in [-0.4, -0.2) is 18.8 Å². The maximum atomic E-state index is 11.6. The van der Waals surface area contributed by atoms with Crippen LogP contribution in [0.2, 0.25) is 0 Å². The van der Waals surface area contributed by atoms with Crippen LogP contribution in [0.1, 0.15) is 27.2 Å². The summed E-state index contributed by atoms with van der Waals surface area (Å²) in [6.07, 6.45) is 0.639. The predicted molar refractivity (Wildman–Crippen MR) is 44.9 cm³/mol. The number of hydrogen-bond donors (Lipinski definition) is 0. The molecule has 1 rings (SSSR count). The van der Waals surface area contributed by atoms with E-state index < -0.39 is 13.4 Å². The summed E-state index contributed by atoms with van der Waals surface area (Å²) in [6.45, 7) is 5.60. The molecule has 0 unspecified atom stereocenters. The van der Waals surface area contributed by atoms with Crippen LogP contribution < -0.4 is 0 Å². The molecular formula is C7H15O4P. The fourth-order valence-electron chi connectivity index (χ4n) is 1.39. The van der Waals surface area contributed by atoms with Crippen LogP contribution in [0.4, 0.5) is 0 Å². The molecule has 0 aromatic heterocycles. The monoisotopic (exact) mass is 194 g/mol. The molecule has 0 aliphatic carbocycles. The van der Waals surface area contributed by atoms with E-state index in [1.54, 1.807) is 0 Å². The van der Waals surface area contributed by atoms with E-state index in [0.717, 1.165) is 6.42 Å². The Morgan fingerprint density at radius 1 is 1.58 bits per heavy atom. The van der Waals surface area contributed by atoms with Gasteiger partial charge in [0.2, 0.25) is 0 Å². The third kappa shape index (κ3) is 2.30. The van der Waals surface area contributed by atoms with Gasteiger partial charge in [0.25, 0.3) is 0 Å². The van der Waals surface area contributed by atoms with Gasteiger partial charge in [0, 0.05) is 13.5 Å². The molecule has 12 heavy (non-hydrogen) atoms. The molecule has 1 heterocycles. The van der Waals surface area contributed by atoms with Crippen molar-refractivity contribution in [3.05, 3.63) is 0 Å². The molecule has 4 nitrogen and oxygen atoms in total. The van der Waals surface area contributed by atoms with E-state index in [1.165, 1.54) is 7.11 Å². The highest BCUT2D eigenvalue weighted by Crippen LogP contribution is 2.57. The first-order valence-corrected chi connectivity index (χ1v) is 5.38. The Kier molecular flexibility index (Phi) is 2.64. The minimum absolute atomic E-state index is 0.0838. The maximum Gasteiger partial charge on any atom is 0.475 e. The molecular weight excluding hydrogens is 179 g/mol. The van der Waals surface area contributed by atoms with Crippen molar-refractivity contribution < 1.29 is 18.1 Å². The average Bonchev–Trinajstić information content (AvgIpc) is 1.82. The van der Waals surface area contributed by atoms with Gasteiger partial charge in [-0.05, 0) is 20.8 Å². The molecule has 1 aliphatic heterocycles. The highest BCUT2D eigenvalue weighted by Gasteiger charge is 2.42. The van der Waals surface area contributed by atoms with E-state index in [4.69, 9.17) is 13.6 Å². The third-order valence-corrected chi connectivity index (χ3v) is 3.45. The smallest absolute Gasteiger partial charge is 0.290 e. The Hall–Kier alpha value is 0.110. The first-order chi connectivity index (χ1) is 5.37. The van der Waals surface area contributed by atoms with Crippen LogP contribution in [0.25, 0.3) is 0 Å². The van der Waals surface area contributed by atoms with Crippen LogP contribution in [0, 0.1) is 0 Å². The first kappa shape index (κ1) is 10.2. The molecule has 1 fully saturated rings. The van der Waals surface area contributed by atoms with Gasteiger partial charge in [-0.15, -0.1) is 0 Å². The lowest BCUT2D eigenvalue weighted by Gasteiger charge is -2.37. The zero-order chi connectivity index (χ0) is 9.41. The number of rotatable bonds is 1. The Labute approximate surface area is 72.8 Å². The van der Waals surface area contributed by atoms with Crippen LogP contribution in [0.5, 0.6) is 0 Å². The SMILES string of the molecule is CO[P@@]1(=O)O[C@H](C)CC(C)(C)O1. The van der Waals surface area contributed by atoms with Crippen LogP contribution >= 0.6 is 7.82 Å². The van der Waals surface area contributed by atoms with E-state index in [9.17, 15) is 4.57 Å². The summed E-state index contributed by atoms with van der Waals surface area (Å²) in [5.41, 5.74) is -0.427. The number of phosphoric acid groups is 1. The molecule has 0 bridgehead atoms. The van der Waals surface area contributed by atoms with Gasteiger partial charge in [-0.2, -0.15) is 0 Å². The van der Waals surface area contributed by atoms with E-state index in [2.05, 4.69) is 0 Å². The molecule has 0 aromatic carbocycles. The van der Waals surface area contributed by atoms with Gasteiger partial charge in [0.1, 0.15) is 0 Å². The molecule has 0 N–H and O–H groups in total. The number of phosphoric ester groups is 1. The molecule has 1 saturated heterocycles. The third-order valence-electron chi connectivity index (χ3n) is 1.67. The predicted octanol–water partition coefficient (Wildman–Crippen LogP) is 2.34. The molecule has 1 aliphatic rings. The zero-order valence-electron chi connectivity index (χ0n) is 7.86. The first-order valence-electron chi connectivity index (χ1n) is 3.92. The second-order valence-electron chi connectivity index (χ2n) is 3.60. The Morgan fingerprint density at radius 3 is 2.58 bits per heavy atom. The van der Waals surface area contributed by atoms with Crippen molar-refractivity contribution in [1.82, 2.24) is 0 Å². The van der Waals surface area contributed by atoms with Gasteiger partial charge in [0.15, 0.2) is 0 Å². The average molecular weight is 194 g/mol. The van der Waals surface area contributed by atoms with Crippen molar-refractivity contribution in [3.63, 3.8) is 0 Å². The molecule has 5 heteroatoms. The Morgan fingerprint density at radius 2 is 2.17 bits per heavy atom. The lowest BCUT2D eigenvalue weighted by molar-refractivity contribution is -0.0425. The van der Waals surface area contributed by atoms with Crippen LogP contribution in [0.15, 0.2) is 0 Å². The Bertz CT molecular complexity index is 213. The second kappa shape index (κ2) is 3.11. The summed E-state index contributed by atoms with van der Waals surface area (Å²) in [4.78, 5) is 0. The standard InChI is InChI=1S/C7H15O4P/c1-6-5-7(2,3)11-12(8,9-4)10-6/h6H,5H2,1-4H3/t6-,12+/m1/s1. The van der Waals surface area contributed by atoms with Gasteiger partial charge < -0.3 is 0 Å². The van der Waals surface area contributed by atoms with Crippen molar-refractivity contribution in [3.8, 4) is 0 Å². The second-order valence-corrected chi connectivity index (χ2v) is 5.25. The normalized spacial score (nSPS) is 41.2. The fourth-order valence-corrected chi connectivity index (χ4v) is 2.79. The number of hydrogen-bond acceptors (Lipinski definition) is 4. The molecule has 0 aromatic rings. The molecule has 2 atom stereocenters. The van der Waals surface area contributed by atoms with Crippen molar-refractivity contribution in [1.29, 1.82) is 0 Å². The summed E-state index contributed by atoms with van der Waals surface area (Å²) in [6, 6.07) is 0. The van der Waals surface area contributed by atoms with Crippen LogP contribution in [0.3, 0.4) is 0 Å².